The summed E-state index contributed by atoms with van der Waals surface area (Å²) in [4.78, 5) is 26.3. The summed E-state index contributed by atoms with van der Waals surface area (Å²) in [5.41, 5.74) is -1.29. The first-order valence-electron chi connectivity index (χ1n) is 10.4. The van der Waals surface area contributed by atoms with Crippen LogP contribution in [0.15, 0.2) is 42.5 Å². The maximum absolute atomic E-state index is 13.8. The molecule has 0 fully saturated rings. The van der Waals surface area contributed by atoms with Crippen molar-refractivity contribution >= 4 is 35.2 Å². The number of carbonyl (C=O) groups excluding carboxylic acids is 2. The fraction of sp³-hybridized carbons (Fsp3) is 0.391. The summed E-state index contributed by atoms with van der Waals surface area (Å²) >= 11 is 12.2. The lowest BCUT2D eigenvalue weighted by Gasteiger charge is -2.48. The molecule has 2 rings (SSSR count). The second-order valence-electron chi connectivity index (χ2n) is 8.01. The number of alkyl halides is 3. The van der Waals surface area contributed by atoms with Gasteiger partial charge in [-0.25, -0.2) is 4.39 Å². The minimum atomic E-state index is -4.78. The van der Waals surface area contributed by atoms with Crippen LogP contribution in [-0.4, -0.2) is 53.3 Å². The smallest absolute Gasteiger partial charge is 0.397 e. The van der Waals surface area contributed by atoms with Gasteiger partial charge in [-0.1, -0.05) is 41.4 Å². The van der Waals surface area contributed by atoms with E-state index in [0.29, 0.717) is 0 Å². The third-order valence-electron chi connectivity index (χ3n) is 5.45. The zero-order valence-electron chi connectivity index (χ0n) is 18.6. The quantitative estimate of drug-likeness (QED) is 0.456. The highest BCUT2D eigenvalue weighted by Crippen LogP contribution is 2.39. The van der Waals surface area contributed by atoms with E-state index < -0.39 is 49.0 Å². The molecule has 0 aromatic heterocycles. The third kappa shape index (κ3) is 7.71. The molecule has 0 radical (unpaired) electrons. The number of hydrogen-bond acceptors (Lipinski definition) is 4. The van der Waals surface area contributed by atoms with E-state index in [1.807, 2.05) is 0 Å². The first kappa shape index (κ1) is 28.7. The highest BCUT2D eigenvalue weighted by Gasteiger charge is 2.42. The zero-order chi connectivity index (χ0) is 26.4. The molecule has 6 nitrogen and oxygen atoms in total. The molecule has 2 aromatic rings. The number of aliphatic hydroxyl groups excluding tert-OH is 1. The van der Waals surface area contributed by atoms with Gasteiger partial charge in [0, 0.05) is 26.7 Å². The molecule has 0 unspecified atom stereocenters. The molecule has 2 amide bonds. The lowest BCUT2D eigenvalue weighted by molar-refractivity contribution is -0.274. The van der Waals surface area contributed by atoms with Gasteiger partial charge in [-0.2, -0.15) is 13.2 Å². The van der Waals surface area contributed by atoms with Gasteiger partial charge in [0.25, 0.3) is 0 Å². The molecule has 192 valence electrons. The number of benzene rings is 2. The number of halogens is 6. The summed E-state index contributed by atoms with van der Waals surface area (Å²) in [5.74, 6) is -1.93. The number of carbonyl (C=O) groups is 2. The second kappa shape index (κ2) is 11.9. The van der Waals surface area contributed by atoms with E-state index in [-0.39, 0.29) is 40.6 Å². The van der Waals surface area contributed by atoms with Gasteiger partial charge in [0.1, 0.15) is 18.3 Å². The Balaban J connectivity index is 2.68. The molecule has 1 atom stereocenters. The van der Waals surface area contributed by atoms with Crippen LogP contribution in [0.1, 0.15) is 30.4 Å². The summed E-state index contributed by atoms with van der Waals surface area (Å²) in [7, 11) is 1.11. The number of hydrogen-bond donors (Lipinski definition) is 1. The molecule has 0 spiro atoms. The van der Waals surface area contributed by atoms with E-state index in [2.05, 4.69) is 0 Å². The molecule has 0 heterocycles. The van der Waals surface area contributed by atoms with Crippen LogP contribution in [0.4, 0.5) is 22.4 Å². The summed E-state index contributed by atoms with van der Waals surface area (Å²) in [6.45, 7) is -1.35. The van der Waals surface area contributed by atoms with Crippen LogP contribution in [0, 0.1) is 5.82 Å². The molecule has 0 saturated carbocycles. The van der Waals surface area contributed by atoms with Gasteiger partial charge in [0.05, 0.1) is 15.6 Å². The lowest BCUT2D eigenvalue weighted by Crippen LogP contribution is -2.59. The van der Waals surface area contributed by atoms with E-state index in [1.165, 1.54) is 30.3 Å². The normalized spacial score (nSPS) is 13.3. The molecule has 12 heteroatoms. The van der Waals surface area contributed by atoms with Gasteiger partial charge in [-0.3, -0.25) is 4.79 Å². The molecule has 1 N–H and O–H groups in total. The van der Waals surface area contributed by atoms with Crippen molar-refractivity contribution in [3.63, 3.8) is 0 Å². The largest absolute Gasteiger partial charge is 0.530 e. The molecular formula is C23H23Cl2F4N2O4-. The highest BCUT2D eigenvalue weighted by atomic mass is 35.5. The average molecular weight is 538 g/mol. The van der Waals surface area contributed by atoms with Crippen molar-refractivity contribution in [1.82, 2.24) is 9.80 Å². The Morgan fingerprint density at radius 1 is 1.09 bits per heavy atom. The van der Waals surface area contributed by atoms with E-state index >= 15 is 0 Å². The van der Waals surface area contributed by atoms with Gasteiger partial charge in [0.15, 0.2) is 0 Å². The van der Waals surface area contributed by atoms with Crippen molar-refractivity contribution < 1.29 is 37.4 Å². The molecule has 0 aliphatic carbocycles. The lowest BCUT2D eigenvalue weighted by atomic mass is 9.82. The van der Waals surface area contributed by atoms with Crippen molar-refractivity contribution in [2.24, 2.45) is 0 Å². The number of likely N-dealkylation sites (N-methyl/N-ethyl adjacent to an activating group) is 1. The predicted molar refractivity (Wildman–Crippen MR) is 120 cm³/mol. The minimum Gasteiger partial charge on any atom is -0.530 e. The fourth-order valence-corrected chi connectivity index (χ4v) is 4.14. The van der Waals surface area contributed by atoms with Gasteiger partial charge in [0.2, 0.25) is 5.91 Å². The van der Waals surface area contributed by atoms with Crippen LogP contribution < -0.4 is 5.11 Å². The second-order valence-corrected chi connectivity index (χ2v) is 8.83. The Hall–Kier alpha value is -2.56. The summed E-state index contributed by atoms with van der Waals surface area (Å²) in [5, 5.41) is 22.1. The number of rotatable bonds is 10. The number of carboxylic acid groups (broad SMARTS) is 1. The number of amides is 2. The Morgan fingerprint density at radius 3 is 2.31 bits per heavy atom. The monoisotopic (exact) mass is 537 g/mol. The maximum atomic E-state index is 13.8. The highest BCUT2D eigenvalue weighted by molar-refractivity contribution is 6.42. The molecule has 0 saturated heterocycles. The predicted octanol–water partition coefficient (Wildman–Crippen LogP) is 4.36. The van der Waals surface area contributed by atoms with Crippen LogP contribution in [0.2, 0.25) is 10.0 Å². The van der Waals surface area contributed by atoms with Gasteiger partial charge < -0.3 is 24.8 Å². The van der Waals surface area contributed by atoms with E-state index in [9.17, 15) is 37.4 Å². The Bertz CT molecular complexity index is 1050. The molecule has 0 aliphatic rings. The number of aliphatic hydroxyl groups is 1. The fourth-order valence-electron chi connectivity index (χ4n) is 3.84. The molecule has 35 heavy (non-hydrogen) atoms. The van der Waals surface area contributed by atoms with Crippen LogP contribution >= 0.6 is 23.2 Å². The molecule has 0 aliphatic heterocycles. The van der Waals surface area contributed by atoms with Crippen molar-refractivity contribution in [3.05, 3.63) is 69.5 Å². The molecule has 0 bridgehead atoms. The van der Waals surface area contributed by atoms with E-state index in [0.717, 1.165) is 29.0 Å². The third-order valence-corrected chi connectivity index (χ3v) is 6.19. The summed E-state index contributed by atoms with van der Waals surface area (Å²) in [6.07, 6.45) is -8.38. The Morgan fingerprint density at radius 2 is 1.77 bits per heavy atom. The molecule has 2 aromatic carbocycles. The van der Waals surface area contributed by atoms with Crippen molar-refractivity contribution in [1.29, 1.82) is 0 Å². The van der Waals surface area contributed by atoms with E-state index in [4.69, 9.17) is 23.2 Å². The van der Waals surface area contributed by atoms with Crippen LogP contribution in [-0.2, 0) is 16.9 Å². The summed E-state index contributed by atoms with van der Waals surface area (Å²) < 4.78 is 52.4. The van der Waals surface area contributed by atoms with Crippen molar-refractivity contribution in [2.75, 3.05) is 20.2 Å². The standard InChI is InChI=1S/C23H24Cl2F4N2O4/c1-30(20(33)12-23(27,28)29)14-22(8-3-9-32,16-6-7-18(24)19(25)11-16)31(21(34)35)13-15-4-2-5-17(26)10-15/h2,4-7,10-11,32H,3,8-9,12-14H2,1H3,(H,34,35)/p-1/t22-/m1/s1. The molecular weight excluding hydrogens is 515 g/mol. The SMILES string of the molecule is CN(C[C@](CCCO)(c1ccc(Cl)c(Cl)c1)N(Cc1cccc(F)c1)C(=O)[O-])C(=O)CC(F)(F)F. The van der Waals surface area contributed by atoms with Gasteiger partial charge in [-0.05, 0) is 48.2 Å². The first-order valence-corrected chi connectivity index (χ1v) is 11.1. The van der Waals surface area contributed by atoms with Crippen LogP contribution in [0.3, 0.4) is 0 Å². The van der Waals surface area contributed by atoms with Crippen LogP contribution in [0.25, 0.3) is 0 Å². The van der Waals surface area contributed by atoms with Crippen LogP contribution in [0.5, 0.6) is 0 Å². The average Bonchev–Trinajstić information content (AvgIpc) is 2.75. The van der Waals surface area contributed by atoms with Crippen molar-refractivity contribution in [3.8, 4) is 0 Å². The Kier molecular flexibility index (Phi) is 9.76. The maximum Gasteiger partial charge on any atom is 0.397 e. The first-order chi connectivity index (χ1) is 16.3. The summed E-state index contributed by atoms with van der Waals surface area (Å²) in [6, 6.07) is 9.23. The van der Waals surface area contributed by atoms with E-state index in [1.54, 1.807) is 0 Å². The zero-order valence-corrected chi connectivity index (χ0v) is 20.1. The van der Waals surface area contributed by atoms with Gasteiger partial charge in [-0.15, -0.1) is 0 Å². The number of nitrogens with zero attached hydrogens (tertiary/aromatic N) is 2. The van der Waals surface area contributed by atoms with Gasteiger partial charge >= 0.3 is 6.18 Å². The Labute approximate surface area is 209 Å². The minimum absolute atomic E-state index is 0.00841. The van der Waals surface area contributed by atoms with Crippen molar-refractivity contribution in [2.45, 2.75) is 37.5 Å². The topological polar surface area (TPSA) is 83.9 Å².